The Morgan fingerprint density at radius 3 is 2.65 bits per heavy atom. The molecule has 1 atom stereocenters. The molecule has 0 radical (unpaired) electrons. The largest absolute Gasteiger partial charge is 0.398 e. The first-order valence-corrected chi connectivity index (χ1v) is 7.43. The second-order valence-electron chi connectivity index (χ2n) is 3.70. The van der Waals surface area contributed by atoms with Crippen molar-refractivity contribution in [3.8, 4) is 0 Å². The number of benzene rings is 1. The zero-order valence-corrected chi connectivity index (χ0v) is 12.8. The summed E-state index contributed by atoms with van der Waals surface area (Å²) in [6, 6.07) is 9.52. The van der Waals surface area contributed by atoms with E-state index in [0.717, 1.165) is 18.7 Å². The Kier molecular flexibility index (Phi) is 4.25. The molecule has 1 aromatic heterocycles. The highest BCUT2D eigenvalue weighted by atomic mass is 79.9. The Morgan fingerprint density at radius 1 is 1.24 bits per heavy atom. The topological polar surface area (TPSA) is 46.2 Å². The van der Waals surface area contributed by atoms with Gasteiger partial charge in [-0.25, -0.2) is 0 Å². The zero-order valence-electron chi connectivity index (χ0n) is 8.86. The van der Waals surface area contributed by atoms with Crippen LogP contribution in [0.2, 0.25) is 0 Å². The van der Waals surface area contributed by atoms with Crippen molar-refractivity contribution in [1.82, 2.24) is 0 Å². The van der Waals surface area contributed by atoms with Gasteiger partial charge in [-0.05, 0) is 46.3 Å². The Hall–Kier alpha value is -0.360. The predicted octanol–water partition coefficient (Wildman–Crippen LogP) is 4.13. The number of rotatable bonds is 3. The number of hydrogen-bond acceptors (Lipinski definition) is 3. The molecule has 0 amide bonds. The number of aliphatic hydroxyl groups excluding tert-OH is 1. The standard InChI is InChI=1S/C12H11Br2NOS/c13-7-1-3-10(15)9(5-7)11(16)6-8-2-4-12(14)17-8/h1-5,11,16H,6,15H2. The van der Waals surface area contributed by atoms with Crippen LogP contribution in [0.25, 0.3) is 0 Å². The first-order chi connectivity index (χ1) is 8.06. The van der Waals surface area contributed by atoms with E-state index >= 15 is 0 Å². The van der Waals surface area contributed by atoms with Crippen molar-refractivity contribution >= 4 is 48.9 Å². The highest BCUT2D eigenvalue weighted by molar-refractivity contribution is 9.11. The lowest BCUT2D eigenvalue weighted by atomic mass is 10.0. The first kappa shape index (κ1) is 13.1. The van der Waals surface area contributed by atoms with Gasteiger partial charge in [0.25, 0.3) is 0 Å². The van der Waals surface area contributed by atoms with Gasteiger partial charge in [-0.3, -0.25) is 0 Å². The third-order valence-electron chi connectivity index (χ3n) is 2.43. The maximum atomic E-state index is 10.2. The van der Waals surface area contributed by atoms with Gasteiger partial charge in [0.05, 0.1) is 9.89 Å². The molecular weight excluding hydrogens is 366 g/mol. The third-order valence-corrected chi connectivity index (χ3v) is 4.57. The molecule has 0 aliphatic carbocycles. The van der Waals surface area contributed by atoms with E-state index in [1.54, 1.807) is 17.4 Å². The molecule has 5 heteroatoms. The molecule has 0 bridgehead atoms. The second-order valence-corrected chi connectivity index (χ2v) is 7.16. The monoisotopic (exact) mass is 375 g/mol. The molecule has 0 aliphatic rings. The van der Waals surface area contributed by atoms with Gasteiger partial charge >= 0.3 is 0 Å². The van der Waals surface area contributed by atoms with Gasteiger partial charge < -0.3 is 10.8 Å². The molecule has 2 nitrogen and oxygen atoms in total. The first-order valence-electron chi connectivity index (χ1n) is 5.03. The van der Waals surface area contributed by atoms with E-state index in [2.05, 4.69) is 31.9 Å². The highest BCUT2D eigenvalue weighted by Gasteiger charge is 2.13. The van der Waals surface area contributed by atoms with Crippen LogP contribution in [0.4, 0.5) is 5.69 Å². The Balaban J connectivity index is 2.19. The SMILES string of the molecule is Nc1ccc(Br)cc1C(O)Cc1ccc(Br)s1. The lowest BCUT2D eigenvalue weighted by Crippen LogP contribution is -2.04. The smallest absolute Gasteiger partial charge is 0.0858 e. The summed E-state index contributed by atoms with van der Waals surface area (Å²) >= 11 is 8.42. The molecule has 0 saturated carbocycles. The van der Waals surface area contributed by atoms with Gasteiger partial charge in [-0.15, -0.1) is 11.3 Å². The van der Waals surface area contributed by atoms with Crippen LogP contribution < -0.4 is 5.73 Å². The Morgan fingerprint density at radius 2 is 2.00 bits per heavy atom. The van der Waals surface area contributed by atoms with E-state index < -0.39 is 6.10 Å². The van der Waals surface area contributed by atoms with Crippen LogP contribution in [0.1, 0.15) is 16.5 Å². The van der Waals surface area contributed by atoms with Crippen molar-refractivity contribution in [3.05, 3.63) is 49.0 Å². The van der Waals surface area contributed by atoms with Crippen LogP contribution in [0.3, 0.4) is 0 Å². The minimum atomic E-state index is -0.571. The minimum absolute atomic E-state index is 0.571. The number of hydrogen-bond donors (Lipinski definition) is 2. The van der Waals surface area contributed by atoms with Crippen LogP contribution in [0.5, 0.6) is 0 Å². The summed E-state index contributed by atoms with van der Waals surface area (Å²) in [6.07, 6.45) is 0.00903. The summed E-state index contributed by atoms with van der Waals surface area (Å²) in [5.41, 5.74) is 7.25. The number of anilines is 1. The van der Waals surface area contributed by atoms with Gasteiger partial charge in [0.2, 0.25) is 0 Å². The fourth-order valence-corrected chi connectivity index (χ4v) is 3.49. The molecule has 3 N–H and O–H groups in total. The van der Waals surface area contributed by atoms with E-state index in [-0.39, 0.29) is 0 Å². The Bertz CT molecular complexity index is 527. The van der Waals surface area contributed by atoms with Crippen molar-refractivity contribution in [2.75, 3.05) is 5.73 Å². The molecule has 0 saturated heterocycles. The summed E-state index contributed by atoms with van der Waals surface area (Å²) in [7, 11) is 0. The quantitative estimate of drug-likeness (QED) is 0.791. The molecule has 2 aromatic rings. The van der Waals surface area contributed by atoms with Crippen LogP contribution >= 0.6 is 43.2 Å². The fourth-order valence-electron chi connectivity index (χ4n) is 1.60. The summed E-state index contributed by atoms with van der Waals surface area (Å²) in [6.45, 7) is 0. The molecule has 0 spiro atoms. The molecule has 17 heavy (non-hydrogen) atoms. The molecule has 90 valence electrons. The zero-order chi connectivity index (χ0) is 12.4. The minimum Gasteiger partial charge on any atom is -0.398 e. The van der Waals surface area contributed by atoms with E-state index in [4.69, 9.17) is 5.73 Å². The molecule has 1 unspecified atom stereocenters. The van der Waals surface area contributed by atoms with Gasteiger partial charge in [0.1, 0.15) is 0 Å². The van der Waals surface area contributed by atoms with Gasteiger partial charge in [-0.1, -0.05) is 15.9 Å². The van der Waals surface area contributed by atoms with Crippen molar-refractivity contribution < 1.29 is 5.11 Å². The van der Waals surface area contributed by atoms with Crippen molar-refractivity contribution in [1.29, 1.82) is 0 Å². The van der Waals surface area contributed by atoms with E-state index in [9.17, 15) is 5.11 Å². The average molecular weight is 377 g/mol. The van der Waals surface area contributed by atoms with E-state index in [1.165, 1.54) is 0 Å². The average Bonchev–Trinajstić information content (AvgIpc) is 2.67. The number of nitrogen functional groups attached to an aromatic ring is 1. The lowest BCUT2D eigenvalue weighted by Gasteiger charge is -2.12. The summed E-state index contributed by atoms with van der Waals surface area (Å²) in [4.78, 5) is 1.13. The predicted molar refractivity (Wildman–Crippen MR) is 79.2 cm³/mol. The van der Waals surface area contributed by atoms with Crippen LogP contribution in [-0.2, 0) is 6.42 Å². The summed E-state index contributed by atoms with van der Waals surface area (Å²) in [5.74, 6) is 0. The van der Waals surface area contributed by atoms with Crippen molar-refractivity contribution in [2.24, 2.45) is 0 Å². The molecule has 1 aromatic carbocycles. The van der Waals surface area contributed by atoms with Crippen LogP contribution in [0, 0.1) is 0 Å². The summed E-state index contributed by atoms with van der Waals surface area (Å²) < 4.78 is 2.00. The fraction of sp³-hybridized carbons (Fsp3) is 0.167. The van der Waals surface area contributed by atoms with Gasteiger partial charge in [-0.2, -0.15) is 0 Å². The van der Waals surface area contributed by atoms with Crippen molar-refractivity contribution in [2.45, 2.75) is 12.5 Å². The number of aliphatic hydroxyl groups is 1. The van der Waals surface area contributed by atoms with Gasteiger partial charge in [0, 0.05) is 27.0 Å². The van der Waals surface area contributed by atoms with Crippen molar-refractivity contribution in [3.63, 3.8) is 0 Å². The maximum Gasteiger partial charge on any atom is 0.0858 e. The Labute approximate surface area is 121 Å². The number of thiophene rings is 1. The number of nitrogens with two attached hydrogens (primary N) is 1. The van der Waals surface area contributed by atoms with E-state index in [1.807, 2.05) is 24.3 Å². The number of halogens is 2. The maximum absolute atomic E-state index is 10.2. The molecule has 0 aliphatic heterocycles. The normalized spacial score (nSPS) is 12.6. The van der Waals surface area contributed by atoms with Crippen LogP contribution in [0.15, 0.2) is 38.6 Å². The second kappa shape index (κ2) is 5.52. The van der Waals surface area contributed by atoms with Crippen LogP contribution in [-0.4, -0.2) is 5.11 Å². The third kappa shape index (κ3) is 3.31. The van der Waals surface area contributed by atoms with E-state index in [0.29, 0.717) is 12.1 Å². The van der Waals surface area contributed by atoms with Gasteiger partial charge in [0.15, 0.2) is 0 Å². The molecular formula is C12H11Br2NOS. The molecule has 1 heterocycles. The lowest BCUT2D eigenvalue weighted by molar-refractivity contribution is 0.180. The summed E-state index contributed by atoms with van der Waals surface area (Å²) in [5, 5.41) is 10.2. The molecule has 0 fully saturated rings. The highest BCUT2D eigenvalue weighted by Crippen LogP contribution is 2.30. The molecule has 2 rings (SSSR count).